The third-order valence-corrected chi connectivity index (χ3v) is 2.70. The van der Waals surface area contributed by atoms with Crippen LogP contribution in [0.15, 0.2) is 24.3 Å². The Morgan fingerprint density at radius 3 is 2.32 bits per heavy atom. The first-order valence-electron chi connectivity index (χ1n) is 6.81. The van der Waals surface area contributed by atoms with Crippen molar-refractivity contribution in [2.24, 2.45) is 0 Å². The second-order valence-corrected chi connectivity index (χ2v) is 5.73. The second kappa shape index (κ2) is 7.46. The summed E-state index contributed by atoms with van der Waals surface area (Å²) in [6, 6.07) is 7.92. The zero-order valence-electron chi connectivity index (χ0n) is 13.2. The van der Waals surface area contributed by atoms with Crippen LogP contribution >= 0.6 is 0 Å². The summed E-state index contributed by atoms with van der Waals surface area (Å²) in [4.78, 5) is 23.6. The minimum Gasteiger partial charge on any atom is -0.467 e. The summed E-state index contributed by atoms with van der Waals surface area (Å²) < 4.78 is 9.84. The van der Waals surface area contributed by atoms with Gasteiger partial charge >= 0.3 is 12.1 Å². The van der Waals surface area contributed by atoms with E-state index in [9.17, 15) is 9.59 Å². The minimum atomic E-state index is -0.854. The number of nitrogens with one attached hydrogen (secondary N) is 1. The summed E-state index contributed by atoms with van der Waals surface area (Å²) in [5, 5.41) is 11.3. The van der Waals surface area contributed by atoms with E-state index < -0.39 is 23.7 Å². The Balaban J connectivity index is 2.78. The molecule has 0 unspecified atom stereocenters. The molecule has 0 aliphatic heterocycles. The molecule has 1 aromatic rings. The first kappa shape index (κ1) is 17.5. The lowest BCUT2D eigenvalue weighted by atomic mass is 10.0. The van der Waals surface area contributed by atoms with Gasteiger partial charge < -0.3 is 14.8 Å². The van der Waals surface area contributed by atoms with Crippen LogP contribution in [0.3, 0.4) is 0 Å². The highest BCUT2D eigenvalue weighted by Gasteiger charge is 2.25. The third kappa shape index (κ3) is 5.83. The van der Waals surface area contributed by atoms with E-state index in [4.69, 9.17) is 14.7 Å². The summed E-state index contributed by atoms with van der Waals surface area (Å²) in [5.74, 6) is -0.560. The van der Waals surface area contributed by atoms with Crippen molar-refractivity contribution in [2.75, 3.05) is 7.11 Å². The molecule has 0 heterocycles. The summed E-state index contributed by atoms with van der Waals surface area (Å²) in [5.41, 5.74) is 0.670. The topological polar surface area (TPSA) is 88.4 Å². The molecule has 118 valence electrons. The van der Waals surface area contributed by atoms with Crippen LogP contribution in [0.2, 0.25) is 0 Å². The van der Waals surface area contributed by atoms with Gasteiger partial charge in [0.15, 0.2) is 0 Å². The van der Waals surface area contributed by atoms with Crippen LogP contribution in [0.4, 0.5) is 4.79 Å². The molecule has 1 rings (SSSR count). The molecule has 22 heavy (non-hydrogen) atoms. The quantitative estimate of drug-likeness (QED) is 0.861. The molecule has 0 saturated heterocycles. The molecule has 1 amide bonds. The van der Waals surface area contributed by atoms with Crippen LogP contribution in [-0.2, 0) is 20.7 Å². The van der Waals surface area contributed by atoms with E-state index in [-0.39, 0.29) is 6.42 Å². The van der Waals surface area contributed by atoms with Crippen LogP contribution in [0.1, 0.15) is 31.9 Å². The van der Waals surface area contributed by atoms with Crippen molar-refractivity contribution >= 4 is 12.1 Å². The highest BCUT2D eigenvalue weighted by Crippen LogP contribution is 2.10. The maximum atomic E-state index is 11.8. The van der Waals surface area contributed by atoms with Gasteiger partial charge in [0.2, 0.25) is 0 Å². The van der Waals surface area contributed by atoms with Crippen molar-refractivity contribution in [1.82, 2.24) is 5.32 Å². The largest absolute Gasteiger partial charge is 0.467 e. The average molecular weight is 304 g/mol. The zero-order chi connectivity index (χ0) is 16.8. The van der Waals surface area contributed by atoms with Crippen molar-refractivity contribution in [3.8, 4) is 6.07 Å². The molecular weight excluding hydrogens is 284 g/mol. The van der Waals surface area contributed by atoms with Crippen LogP contribution < -0.4 is 5.32 Å². The lowest BCUT2D eigenvalue weighted by Gasteiger charge is -2.22. The molecule has 0 spiro atoms. The van der Waals surface area contributed by atoms with E-state index in [0.717, 1.165) is 5.56 Å². The molecule has 0 radical (unpaired) electrons. The number of hydrogen-bond donors (Lipinski definition) is 1. The molecule has 1 atom stereocenters. The third-order valence-electron chi connectivity index (χ3n) is 2.70. The van der Waals surface area contributed by atoms with E-state index in [1.165, 1.54) is 7.11 Å². The summed E-state index contributed by atoms with van der Waals surface area (Å²) in [6.07, 6.45) is -0.436. The van der Waals surface area contributed by atoms with E-state index in [1.54, 1.807) is 45.0 Å². The Bertz CT molecular complexity index is 567. The molecule has 1 aromatic carbocycles. The predicted octanol–water partition coefficient (Wildman–Crippen LogP) is 2.17. The van der Waals surface area contributed by atoms with Crippen LogP contribution in [-0.4, -0.2) is 30.8 Å². The first-order chi connectivity index (χ1) is 10.2. The highest BCUT2D eigenvalue weighted by molar-refractivity contribution is 5.81. The number of amides is 1. The number of esters is 1. The standard InChI is InChI=1S/C16H20N2O4/c1-16(2,3)22-15(20)18-13(14(19)21-4)9-11-5-7-12(10-17)8-6-11/h5-8,13H,9H2,1-4H3,(H,18,20)/t13-/m0/s1. The SMILES string of the molecule is COC(=O)[C@H](Cc1ccc(C#N)cc1)NC(=O)OC(C)(C)C. The van der Waals surface area contributed by atoms with E-state index in [1.807, 2.05) is 6.07 Å². The Labute approximate surface area is 130 Å². The van der Waals surface area contributed by atoms with Gasteiger partial charge in [-0.05, 0) is 38.5 Å². The predicted molar refractivity (Wildman–Crippen MR) is 80.0 cm³/mol. The van der Waals surface area contributed by atoms with Gasteiger partial charge in [-0.1, -0.05) is 12.1 Å². The maximum Gasteiger partial charge on any atom is 0.408 e. The Hall–Kier alpha value is -2.55. The highest BCUT2D eigenvalue weighted by atomic mass is 16.6. The molecule has 6 nitrogen and oxygen atoms in total. The molecule has 6 heteroatoms. The average Bonchev–Trinajstić information content (AvgIpc) is 2.44. The lowest BCUT2D eigenvalue weighted by Crippen LogP contribution is -2.45. The Kier molecular flexibility index (Phi) is 5.93. The van der Waals surface area contributed by atoms with E-state index in [0.29, 0.717) is 5.56 Å². The van der Waals surface area contributed by atoms with Gasteiger partial charge in [-0.2, -0.15) is 5.26 Å². The maximum absolute atomic E-state index is 11.8. The number of carbonyl (C=O) groups excluding carboxylic acids is 2. The van der Waals surface area contributed by atoms with Crippen LogP contribution in [0.5, 0.6) is 0 Å². The fourth-order valence-corrected chi connectivity index (χ4v) is 1.74. The van der Waals surface area contributed by atoms with Crippen molar-refractivity contribution in [3.63, 3.8) is 0 Å². The van der Waals surface area contributed by atoms with Gasteiger partial charge in [-0.15, -0.1) is 0 Å². The van der Waals surface area contributed by atoms with Crippen LogP contribution in [0, 0.1) is 11.3 Å². The molecule has 0 aliphatic carbocycles. The van der Waals surface area contributed by atoms with Gasteiger partial charge in [-0.25, -0.2) is 9.59 Å². The molecule has 0 bridgehead atoms. The molecular formula is C16H20N2O4. The fraction of sp³-hybridized carbons (Fsp3) is 0.438. The summed E-state index contributed by atoms with van der Waals surface area (Å²) in [7, 11) is 1.25. The van der Waals surface area contributed by atoms with Crippen LogP contribution in [0.25, 0.3) is 0 Å². The number of alkyl carbamates (subject to hydrolysis) is 1. The molecule has 0 aromatic heterocycles. The smallest absolute Gasteiger partial charge is 0.408 e. The Morgan fingerprint density at radius 2 is 1.86 bits per heavy atom. The van der Waals surface area contributed by atoms with E-state index >= 15 is 0 Å². The monoisotopic (exact) mass is 304 g/mol. The Morgan fingerprint density at radius 1 is 1.27 bits per heavy atom. The number of methoxy groups -OCH3 is 1. The number of benzene rings is 1. The number of ether oxygens (including phenoxy) is 2. The van der Waals surface area contributed by atoms with Gasteiger partial charge in [0, 0.05) is 6.42 Å². The van der Waals surface area contributed by atoms with Crippen molar-refractivity contribution < 1.29 is 19.1 Å². The number of nitriles is 1. The van der Waals surface area contributed by atoms with Crippen molar-refractivity contribution in [3.05, 3.63) is 35.4 Å². The first-order valence-corrected chi connectivity index (χ1v) is 6.81. The van der Waals surface area contributed by atoms with Gasteiger partial charge in [0.25, 0.3) is 0 Å². The minimum absolute atomic E-state index is 0.248. The van der Waals surface area contributed by atoms with Gasteiger partial charge in [0.1, 0.15) is 11.6 Å². The number of rotatable bonds is 4. The summed E-state index contributed by atoms with van der Waals surface area (Å²) in [6.45, 7) is 5.21. The van der Waals surface area contributed by atoms with E-state index in [2.05, 4.69) is 5.32 Å². The fourth-order valence-electron chi connectivity index (χ4n) is 1.74. The molecule has 1 N–H and O–H groups in total. The van der Waals surface area contributed by atoms with Gasteiger partial charge in [0.05, 0.1) is 18.7 Å². The number of carbonyl (C=O) groups is 2. The molecule has 0 saturated carbocycles. The summed E-state index contributed by atoms with van der Waals surface area (Å²) >= 11 is 0. The second-order valence-electron chi connectivity index (χ2n) is 5.73. The molecule has 0 fully saturated rings. The van der Waals surface area contributed by atoms with Crippen molar-refractivity contribution in [1.29, 1.82) is 5.26 Å². The number of hydrogen-bond acceptors (Lipinski definition) is 5. The van der Waals surface area contributed by atoms with Gasteiger partial charge in [-0.3, -0.25) is 0 Å². The molecule has 0 aliphatic rings. The van der Waals surface area contributed by atoms with Crippen molar-refractivity contribution in [2.45, 2.75) is 38.8 Å². The number of nitrogens with zero attached hydrogens (tertiary/aromatic N) is 1. The zero-order valence-corrected chi connectivity index (χ0v) is 13.2. The lowest BCUT2D eigenvalue weighted by molar-refractivity contribution is -0.143. The normalized spacial score (nSPS) is 12.0.